The Bertz CT molecular complexity index is 215. The van der Waals surface area contributed by atoms with Crippen LogP contribution in [0.4, 0.5) is 0 Å². The quantitative estimate of drug-likeness (QED) is 0.556. The molecule has 0 saturated carbocycles. The molecule has 0 aromatic rings. The van der Waals surface area contributed by atoms with Gasteiger partial charge in [-0.05, 0) is 12.8 Å². The Morgan fingerprint density at radius 2 is 2.15 bits per heavy atom. The molecule has 0 radical (unpaired) electrons. The van der Waals surface area contributed by atoms with Crippen molar-refractivity contribution in [2.75, 3.05) is 20.2 Å². The maximum absolute atomic E-state index is 11.2. The molecule has 0 unspecified atom stereocenters. The van der Waals surface area contributed by atoms with Crippen LogP contribution in [0, 0.1) is 5.92 Å². The van der Waals surface area contributed by atoms with Gasteiger partial charge in [-0.2, -0.15) is 0 Å². The van der Waals surface area contributed by atoms with Gasteiger partial charge in [0.15, 0.2) is 0 Å². The molecule has 1 saturated heterocycles. The van der Waals surface area contributed by atoms with Crippen molar-refractivity contribution >= 4 is 11.9 Å². The van der Waals surface area contributed by atoms with Gasteiger partial charge in [-0.3, -0.25) is 9.59 Å². The number of rotatable bonds is 1. The lowest BCUT2D eigenvalue weighted by atomic mass is 9.98. The molecule has 0 aromatic heterocycles. The normalized spacial score (nSPS) is 22.6. The summed E-state index contributed by atoms with van der Waals surface area (Å²) >= 11 is 0. The van der Waals surface area contributed by atoms with Crippen molar-refractivity contribution in [1.29, 1.82) is 0 Å². The molecule has 4 heteroatoms. The molecule has 1 atom stereocenters. The number of methoxy groups -OCH3 is 1. The van der Waals surface area contributed by atoms with Crippen LogP contribution in [0.25, 0.3) is 0 Å². The highest BCUT2D eigenvalue weighted by Gasteiger charge is 2.27. The number of likely N-dealkylation sites (tertiary alicyclic amines) is 1. The predicted octanol–water partition coefficient (Wildman–Crippen LogP) is 0.418. The molecule has 0 aromatic carbocycles. The zero-order valence-corrected chi connectivity index (χ0v) is 8.08. The largest absolute Gasteiger partial charge is 0.469 e. The van der Waals surface area contributed by atoms with Gasteiger partial charge in [0.25, 0.3) is 0 Å². The van der Waals surface area contributed by atoms with Crippen LogP contribution >= 0.6 is 0 Å². The monoisotopic (exact) mass is 185 g/mol. The van der Waals surface area contributed by atoms with Gasteiger partial charge in [0.2, 0.25) is 5.91 Å². The highest BCUT2D eigenvalue weighted by Crippen LogP contribution is 2.17. The highest BCUT2D eigenvalue weighted by molar-refractivity contribution is 5.76. The van der Waals surface area contributed by atoms with Gasteiger partial charge in [0, 0.05) is 20.0 Å². The van der Waals surface area contributed by atoms with E-state index in [0.29, 0.717) is 6.54 Å². The van der Waals surface area contributed by atoms with Crippen molar-refractivity contribution in [3.8, 4) is 0 Å². The smallest absolute Gasteiger partial charge is 0.310 e. The van der Waals surface area contributed by atoms with Crippen LogP contribution in [0.5, 0.6) is 0 Å². The maximum atomic E-state index is 11.2. The lowest BCUT2D eigenvalue weighted by Crippen LogP contribution is -2.41. The second-order valence-electron chi connectivity index (χ2n) is 3.33. The van der Waals surface area contributed by atoms with Crippen LogP contribution in [-0.2, 0) is 14.3 Å². The van der Waals surface area contributed by atoms with Crippen molar-refractivity contribution in [2.45, 2.75) is 19.8 Å². The topological polar surface area (TPSA) is 46.6 Å². The van der Waals surface area contributed by atoms with E-state index in [4.69, 9.17) is 0 Å². The summed E-state index contributed by atoms with van der Waals surface area (Å²) < 4.78 is 4.64. The Balaban J connectivity index is 2.51. The first-order valence-electron chi connectivity index (χ1n) is 4.48. The molecule has 1 amide bonds. The van der Waals surface area contributed by atoms with Crippen LogP contribution in [0.15, 0.2) is 0 Å². The molecule has 13 heavy (non-hydrogen) atoms. The molecule has 0 spiro atoms. The molecule has 4 nitrogen and oxygen atoms in total. The van der Waals surface area contributed by atoms with E-state index in [9.17, 15) is 9.59 Å². The first-order chi connectivity index (χ1) is 6.15. The summed E-state index contributed by atoms with van der Waals surface area (Å²) in [5.74, 6) is -0.290. The van der Waals surface area contributed by atoms with E-state index in [-0.39, 0.29) is 17.8 Å². The van der Waals surface area contributed by atoms with E-state index >= 15 is 0 Å². The van der Waals surface area contributed by atoms with E-state index in [1.54, 1.807) is 4.90 Å². The second kappa shape index (κ2) is 4.25. The summed E-state index contributed by atoms with van der Waals surface area (Å²) in [4.78, 5) is 23.9. The second-order valence-corrected chi connectivity index (χ2v) is 3.33. The van der Waals surface area contributed by atoms with E-state index < -0.39 is 0 Å². The van der Waals surface area contributed by atoms with Crippen molar-refractivity contribution < 1.29 is 14.3 Å². The molecule has 0 aliphatic carbocycles. The number of carbonyl (C=O) groups excluding carboxylic acids is 2. The minimum absolute atomic E-state index is 0.0357. The van der Waals surface area contributed by atoms with E-state index in [0.717, 1.165) is 19.4 Å². The maximum Gasteiger partial charge on any atom is 0.310 e. The average Bonchev–Trinajstić information content (AvgIpc) is 2.17. The molecular weight excluding hydrogens is 170 g/mol. The number of amides is 1. The zero-order valence-electron chi connectivity index (χ0n) is 8.08. The summed E-state index contributed by atoms with van der Waals surface area (Å²) in [7, 11) is 1.38. The van der Waals surface area contributed by atoms with Gasteiger partial charge >= 0.3 is 5.97 Å². The fourth-order valence-electron chi connectivity index (χ4n) is 1.62. The molecule has 1 aliphatic rings. The molecular formula is C9H15NO3. The Morgan fingerprint density at radius 1 is 1.46 bits per heavy atom. The Kier molecular flexibility index (Phi) is 3.28. The summed E-state index contributed by atoms with van der Waals surface area (Å²) in [6.45, 7) is 2.81. The third-order valence-electron chi connectivity index (χ3n) is 2.40. The summed E-state index contributed by atoms with van der Waals surface area (Å²) in [6.07, 6.45) is 1.72. The van der Waals surface area contributed by atoms with Crippen molar-refractivity contribution in [1.82, 2.24) is 4.90 Å². The Morgan fingerprint density at radius 3 is 2.69 bits per heavy atom. The number of esters is 1. The molecule has 0 bridgehead atoms. The van der Waals surface area contributed by atoms with Crippen LogP contribution in [-0.4, -0.2) is 37.0 Å². The van der Waals surface area contributed by atoms with Gasteiger partial charge in [-0.15, -0.1) is 0 Å². The first-order valence-corrected chi connectivity index (χ1v) is 4.48. The van der Waals surface area contributed by atoms with Crippen LogP contribution in [0.3, 0.4) is 0 Å². The molecule has 0 N–H and O–H groups in total. The molecule has 1 rings (SSSR count). The minimum atomic E-state index is -0.203. The van der Waals surface area contributed by atoms with Gasteiger partial charge in [0.1, 0.15) is 0 Å². The van der Waals surface area contributed by atoms with Gasteiger partial charge < -0.3 is 9.64 Å². The lowest BCUT2D eigenvalue weighted by Gasteiger charge is -2.30. The Labute approximate surface area is 77.8 Å². The molecule has 1 fully saturated rings. The molecule has 74 valence electrons. The third kappa shape index (κ3) is 2.44. The van der Waals surface area contributed by atoms with Crippen LogP contribution < -0.4 is 0 Å². The SMILES string of the molecule is COC(=O)[C@@H]1CCCN(C(C)=O)C1. The number of carbonyl (C=O) groups is 2. The molecule has 1 aliphatic heterocycles. The van der Waals surface area contributed by atoms with Crippen LogP contribution in [0.1, 0.15) is 19.8 Å². The number of nitrogens with zero attached hydrogens (tertiary/aromatic N) is 1. The van der Waals surface area contributed by atoms with E-state index in [1.165, 1.54) is 14.0 Å². The fraction of sp³-hybridized carbons (Fsp3) is 0.778. The molecule has 1 heterocycles. The zero-order chi connectivity index (χ0) is 9.84. The van der Waals surface area contributed by atoms with Gasteiger partial charge in [-0.1, -0.05) is 0 Å². The van der Waals surface area contributed by atoms with Gasteiger partial charge in [0.05, 0.1) is 13.0 Å². The summed E-state index contributed by atoms with van der Waals surface area (Å²) in [5, 5.41) is 0. The number of hydrogen-bond acceptors (Lipinski definition) is 3. The summed E-state index contributed by atoms with van der Waals surface area (Å²) in [5.41, 5.74) is 0. The summed E-state index contributed by atoms with van der Waals surface area (Å²) in [6, 6.07) is 0. The first kappa shape index (κ1) is 10.0. The van der Waals surface area contributed by atoms with Crippen molar-refractivity contribution in [2.24, 2.45) is 5.92 Å². The van der Waals surface area contributed by atoms with E-state index in [2.05, 4.69) is 4.74 Å². The number of ether oxygens (including phenoxy) is 1. The Hall–Kier alpha value is -1.06. The number of hydrogen-bond donors (Lipinski definition) is 0. The lowest BCUT2D eigenvalue weighted by molar-refractivity contribution is -0.148. The van der Waals surface area contributed by atoms with Crippen LogP contribution in [0.2, 0.25) is 0 Å². The van der Waals surface area contributed by atoms with Gasteiger partial charge in [-0.25, -0.2) is 0 Å². The standard InChI is InChI=1S/C9H15NO3/c1-7(11)10-5-3-4-8(6-10)9(12)13-2/h8H,3-6H2,1-2H3/t8-/m1/s1. The minimum Gasteiger partial charge on any atom is -0.469 e. The third-order valence-corrected chi connectivity index (χ3v) is 2.40. The van der Waals surface area contributed by atoms with Crippen molar-refractivity contribution in [3.63, 3.8) is 0 Å². The highest BCUT2D eigenvalue weighted by atomic mass is 16.5. The number of piperidine rings is 1. The van der Waals surface area contributed by atoms with Crippen molar-refractivity contribution in [3.05, 3.63) is 0 Å². The fourth-order valence-corrected chi connectivity index (χ4v) is 1.62. The average molecular weight is 185 g/mol. The van der Waals surface area contributed by atoms with E-state index in [1.807, 2.05) is 0 Å². The predicted molar refractivity (Wildman–Crippen MR) is 47.0 cm³/mol.